The first-order valence-corrected chi connectivity index (χ1v) is 10.7. The molecule has 0 spiro atoms. The molecule has 1 N–H and O–H groups in total. The molecule has 1 aromatic heterocycles. The summed E-state index contributed by atoms with van der Waals surface area (Å²) >= 11 is 0. The second-order valence-electron chi connectivity index (χ2n) is 8.07. The van der Waals surface area contributed by atoms with Crippen LogP contribution in [0.15, 0.2) is 53.1 Å². The normalized spacial score (nSPS) is 16.4. The summed E-state index contributed by atoms with van der Waals surface area (Å²) < 4.78 is 10.4. The molecule has 1 saturated heterocycles. The van der Waals surface area contributed by atoms with Crippen LogP contribution in [0, 0.1) is 19.8 Å². The Morgan fingerprint density at radius 3 is 2.38 bits per heavy atom. The summed E-state index contributed by atoms with van der Waals surface area (Å²) in [6.07, 6.45) is 0.556. The van der Waals surface area contributed by atoms with Gasteiger partial charge in [-0.1, -0.05) is 41.6 Å². The molecule has 1 atom stereocenters. The van der Waals surface area contributed by atoms with Crippen LogP contribution in [-0.2, 0) is 11.2 Å². The van der Waals surface area contributed by atoms with E-state index < -0.39 is 0 Å². The maximum atomic E-state index is 13.1. The molecule has 1 fully saturated rings. The van der Waals surface area contributed by atoms with Gasteiger partial charge in [-0.2, -0.15) is 0 Å². The van der Waals surface area contributed by atoms with E-state index in [1.807, 2.05) is 36.4 Å². The predicted molar refractivity (Wildman–Crippen MR) is 121 cm³/mol. The fourth-order valence-electron chi connectivity index (χ4n) is 4.09. The Morgan fingerprint density at radius 1 is 1.12 bits per heavy atom. The van der Waals surface area contributed by atoms with Crippen molar-refractivity contribution in [3.63, 3.8) is 0 Å². The number of rotatable bonds is 5. The van der Waals surface area contributed by atoms with Gasteiger partial charge in [0.05, 0.1) is 18.7 Å². The van der Waals surface area contributed by atoms with Gasteiger partial charge < -0.3 is 19.5 Å². The smallest absolute Gasteiger partial charge is 0.259 e. The van der Waals surface area contributed by atoms with Crippen LogP contribution in [-0.4, -0.2) is 48.6 Å². The topological polar surface area (TPSA) is 84.7 Å². The Hall–Kier alpha value is -3.61. The second kappa shape index (κ2) is 9.26. The third kappa shape index (κ3) is 4.51. The van der Waals surface area contributed by atoms with Gasteiger partial charge in [0.2, 0.25) is 5.91 Å². The third-order valence-electron chi connectivity index (χ3n) is 5.89. The van der Waals surface area contributed by atoms with Gasteiger partial charge in [-0.15, -0.1) is 0 Å². The predicted octanol–water partition coefficient (Wildman–Crippen LogP) is 3.40. The van der Waals surface area contributed by atoms with Crippen molar-refractivity contribution < 1.29 is 18.8 Å². The van der Waals surface area contributed by atoms with Crippen molar-refractivity contribution in [2.45, 2.75) is 20.3 Å². The Kier molecular flexibility index (Phi) is 6.25. The van der Waals surface area contributed by atoms with E-state index >= 15 is 0 Å². The molecule has 2 heterocycles. The Labute approximate surface area is 187 Å². The van der Waals surface area contributed by atoms with E-state index in [2.05, 4.69) is 22.6 Å². The van der Waals surface area contributed by atoms with Gasteiger partial charge in [0.15, 0.2) is 0 Å². The minimum absolute atomic E-state index is 0.0294. The van der Waals surface area contributed by atoms with Crippen LogP contribution in [0.4, 0.5) is 0 Å². The molecule has 32 heavy (non-hydrogen) atoms. The number of carbonyl (C=O) groups excluding carboxylic acids is 2. The van der Waals surface area contributed by atoms with Crippen LogP contribution in [0.5, 0.6) is 5.75 Å². The highest BCUT2D eigenvalue weighted by atomic mass is 16.5. The maximum Gasteiger partial charge on any atom is 0.259 e. The number of methoxy groups -OCH3 is 1. The van der Waals surface area contributed by atoms with Gasteiger partial charge in [-0.05, 0) is 49.1 Å². The van der Waals surface area contributed by atoms with Crippen LogP contribution < -0.4 is 10.1 Å². The lowest BCUT2D eigenvalue weighted by atomic mass is 9.96. The number of nitrogens with zero attached hydrogens (tertiary/aromatic N) is 2. The van der Waals surface area contributed by atoms with Crippen LogP contribution in [0.25, 0.3) is 11.1 Å². The summed E-state index contributed by atoms with van der Waals surface area (Å²) in [6, 6.07) is 16.1. The summed E-state index contributed by atoms with van der Waals surface area (Å²) in [5, 5.41) is 6.83. The van der Waals surface area contributed by atoms with Crippen molar-refractivity contribution in [3.8, 4) is 16.9 Å². The van der Waals surface area contributed by atoms with Gasteiger partial charge in [-0.3, -0.25) is 9.59 Å². The fourth-order valence-corrected chi connectivity index (χ4v) is 4.09. The first-order chi connectivity index (χ1) is 15.5. The van der Waals surface area contributed by atoms with Crippen LogP contribution in [0.2, 0.25) is 0 Å². The molecular weight excluding hydrogens is 406 g/mol. The zero-order valence-electron chi connectivity index (χ0n) is 18.6. The number of nitrogens with one attached hydrogen (secondary N) is 1. The third-order valence-corrected chi connectivity index (χ3v) is 5.89. The van der Waals surface area contributed by atoms with E-state index in [4.69, 9.17) is 9.26 Å². The van der Waals surface area contributed by atoms with E-state index in [9.17, 15) is 9.59 Å². The Morgan fingerprint density at radius 2 is 1.78 bits per heavy atom. The van der Waals surface area contributed by atoms with Crippen LogP contribution in [0.1, 0.15) is 27.4 Å². The molecule has 0 bridgehead atoms. The first-order valence-electron chi connectivity index (χ1n) is 10.7. The average molecular weight is 434 g/mol. The monoisotopic (exact) mass is 433 g/mol. The molecule has 1 aliphatic rings. The highest BCUT2D eigenvalue weighted by Gasteiger charge is 2.30. The van der Waals surface area contributed by atoms with Crippen molar-refractivity contribution in [1.29, 1.82) is 0 Å². The SMILES string of the molecule is COc1ccc(-c2ccc(C[C@@H]3CN(C(=O)c4c(C)noc4C)CCNC3=O)cc2)cc1. The maximum absolute atomic E-state index is 13.1. The largest absolute Gasteiger partial charge is 0.497 e. The molecule has 3 aromatic rings. The van der Waals surface area contributed by atoms with E-state index in [1.165, 1.54) is 0 Å². The summed E-state index contributed by atoms with van der Waals surface area (Å²) in [4.78, 5) is 27.5. The van der Waals surface area contributed by atoms with Crippen molar-refractivity contribution in [2.75, 3.05) is 26.7 Å². The van der Waals surface area contributed by atoms with Crippen molar-refractivity contribution in [1.82, 2.24) is 15.4 Å². The molecule has 7 heteroatoms. The van der Waals surface area contributed by atoms with Gasteiger partial charge in [-0.25, -0.2) is 0 Å². The Balaban J connectivity index is 1.48. The molecule has 4 rings (SSSR count). The standard InChI is InChI=1S/C25H27N3O4/c1-16-23(17(2)32-27-16)25(30)28-13-12-26-24(29)21(15-28)14-18-4-6-19(7-5-18)20-8-10-22(31-3)11-9-20/h4-11,21H,12-15H2,1-3H3,(H,26,29)/t21-/m1/s1. The van der Waals surface area contributed by atoms with Crippen molar-refractivity contribution in [2.24, 2.45) is 5.92 Å². The molecule has 0 radical (unpaired) electrons. The summed E-state index contributed by atoms with van der Waals surface area (Å²) in [5.41, 5.74) is 4.30. The van der Waals surface area contributed by atoms with E-state index in [0.29, 0.717) is 43.1 Å². The number of hydrogen-bond acceptors (Lipinski definition) is 5. The fraction of sp³-hybridized carbons (Fsp3) is 0.320. The van der Waals surface area contributed by atoms with Crippen molar-refractivity contribution >= 4 is 11.8 Å². The minimum atomic E-state index is -0.325. The molecule has 0 saturated carbocycles. The zero-order chi connectivity index (χ0) is 22.7. The summed E-state index contributed by atoms with van der Waals surface area (Å²) in [6.45, 7) is 4.74. The van der Waals surface area contributed by atoms with Gasteiger partial charge in [0.1, 0.15) is 17.1 Å². The van der Waals surface area contributed by atoms with Gasteiger partial charge >= 0.3 is 0 Å². The highest BCUT2D eigenvalue weighted by molar-refractivity contribution is 5.96. The number of ether oxygens (including phenoxy) is 1. The molecule has 7 nitrogen and oxygen atoms in total. The molecule has 0 aliphatic carbocycles. The number of benzene rings is 2. The number of carbonyl (C=O) groups is 2. The van der Waals surface area contributed by atoms with E-state index in [-0.39, 0.29) is 17.7 Å². The highest BCUT2D eigenvalue weighted by Crippen LogP contribution is 2.24. The second-order valence-corrected chi connectivity index (χ2v) is 8.07. The number of amides is 2. The van der Waals surface area contributed by atoms with Crippen molar-refractivity contribution in [3.05, 3.63) is 71.1 Å². The lowest BCUT2D eigenvalue weighted by Crippen LogP contribution is -2.37. The number of aromatic nitrogens is 1. The number of aryl methyl sites for hydroxylation is 2. The number of hydrogen-bond donors (Lipinski definition) is 1. The van der Waals surface area contributed by atoms with Gasteiger partial charge in [0.25, 0.3) is 5.91 Å². The molecule has 2 amide bonds. The summed E-state index contributed by atoms with van der Waals surface area (Å²) in [5.74, 6) is 0.826. The van der Waals surface area contributed by atoms with E-state index in [0.717, 1.165) is 22.4 Å². The zero-order valence-corrected chi connectivity index (χ0v) is 18.6. The van der Waals surface area contributed by atoms with Gasteiger partial charge in [0, 0.05) is 19.6 Å². The molecule has 1 aliphatic heterocycles. The van der Waals surface area contributed by atoms with Crippen LogP contribution >= 0.6 is 0 Å². The van der Waals surface area contributed by atoms with E-state index in [1.54, 1.807) is 25.9 Å². The quantitative estimate of drug-likeness (QED) is 0.667. The molecule has 2 aromatic carbocycles. The van der Waals surface area contributed by atoms with Crippen LogP contribution in [0.3, 0.4) is 0 Å². The first kappa shape index (κ1) is 21.6. The molecule has 166 valence electrons. The molecule has 0 unspecified atom stereocenters. The lowest BCUT2D eigenvalue weighted by molar-refractivity contribution is -0.124. The Bertz CT molecular complexity index is 1080. The molecular formula is C25H27N3O4. The average Bonchev–Trinajstić information content (AvgIpc) is 3.03. The lowest BCUT2D eigenvalue weighted by Gasteiger charge is -2.23. The summed E-state index contributed by atoms with van der Waals surface area (Å²) in [7, 11) is 1.65. The minimum Gasteiger partial charge on any atom is -0.497 e.